The summed E-state index contributed by atoms with van der Waals surface area (Å²) in [7, 11) is 1.68. The highest BCUT2D eigenvalue weighted by Crippen LogP contribution is 2.30. The minimum absolute atomic E-state index is 0.377. The monoisotopic (exact) mass is 445 g/mol. The molecule has 0 atom stereocenters. The molecule has 1 N–H and O–H groups in total. The van der Waals surface area contributed by atoms with Gasteiger partial charge in [-0.05, 0) is 48.4 Å². The third-order valence-electron chi connectivity index (χ3n) is 4.52. The lowest BCUT2D eigenvalue weighted by Crippen LogP contribution is -2.13. The summed E-state index contributed by atoms with van der Waals surface area (Å²) in [6.45, 7) is 4.30. The van der Waals surface area contributed by atoms with Crippen LogP contribution in [-0.4, -0.2) is 13.7 Å². The Hall–Kier alpha value is -2.40. The van der Waals surface area contributed by atoms with E-state index < -0.39 is 0 Å². The average Bonchev–Trinajstić information content (AvgIpc) is 2.76. The normalized spacial score (nSPS) is 10.7. The first kappa shape index (κ1) is 22.3. The number of methoxy groups -OCH3 is 1. The highest BCUT2D eigenvalue weighted by atomic mass is 35.5. The minimum Gasteiger partial charge on any atom is -0.496 e. The van der Waals surface area contributed by atoms with Crippen LogP contribution in [0.15, 0.2) is 60.7 Å². The van der Waals surface area contributed by atoms with Gasteiger partial charge >= 0.3 is 0 Å². The van der Waals surface area contributed by atoms with Crippen LogP contribution in [0.25, 0.3) is 0 Å². The molecule has 0 aromatic heterocycles. The second-order valence-electron chi connectivity index (χ2n) is 6.67. The smallest absolute Gasteiger partial charge is 0.161 e. The molecule has 3 aromatic rings. The van der Waals surface area contributed by atoms with Crippen molar-refractivity contribution < 1.29 is 14.2 Å². The van der Waals surface area contributed by atoms with Gasteiger partial charge in [-0.25, -0.2) is 0 Å². The molecule has 6 heteroatoms. The van der Waals surface area contributed by atoms with Gasteiger partial charge in [0, 0.05) is 18.7 Å². The Balaban J connectivity index is 1.63. The molecule has 0 aliphatic heterocycles. The predicted molar refractivity (Wildman–Crippen MR) is 122 cm³/mol. The Labute approximate surface area is 187 Å². The zero-order chi connectivity index (χ0) is 21.3. The van der Waals surface area contributed by atoms with Crippen molar-refractivity contribution in [2.75, 3.05) is 13.7 Å². The van der Waals surface area contributed by atoms with E-state index in [2.05, 4.69) is 11.4 Å². The molecule has 4 nitrogen and oxygen atoms in total. The molecule has 3 aromatic carbocycles. The molecule has 0 unspecified atom stereocenters. The van der Waals surface area contributed by atoms with Crippen LogP contribution >= 0.6 is 23.2 Å². The van der Waals surface area contributed by atoms with Gasteiger partial charge in [-0.1, -0.05) is 53.5 Å². The fourth-order valence-corrected chi connectivity index (χ4v) is 3.35. The predicted octanol–water partition coefficient (Wildman–Crippen LogP) is 6.27. The average molecular weight is 446 g/mol. The van der Waals surface area contributed by atoms with Gasteiger partial charge in [-0.15, -0.1) is 0 Å². The Kier molecular flexibility index (Phi) is 8.26. The summed E-state index contributed by atoms with van der Waals surface area (Å²) < 4.78 is 17.2. The Bertz CT molecular complexity index is 978. The van der Waals surface area contributed by atoms with Gasteiger partial charge < -0.3 is 19.5 Å². The highest BCUT2D eigenvalue weighted by molar-refractivity contribution is 6.42. The maximum atomic E-state index is 6.08. The minimum atomic E-state index is 0.377. The topological polar surface area (TPSA) is 39.7 Å². The lowest BCUT2D eigenvalue weighted by atomic mass is 10.1. The lowest BCUT2D eigenvalue weighted by Gasteiger charge is -2.14. The summed E-state index contributed by atoms with van der Waals surface area (Å²) >= 11 is 12.1. The van der Waals surface area contributed by atoms with Crippen LogP contribution in [0.4, 0.5) is 0 Å². The molecule has 0 heterocycles. The summed E-state index contributed by atoms with van der Waals surface area (Å²) in [6, 6.07) is 19.4. The number of hydrogen-bond donors (Lipinski definition) is 1. The van der Waals surface area contributed by atoms with E-state index in [9.17, 15) is 0 Å². The fraction of sp³-hybridized carbons (Fsp3) is 0.250. The summed E-state index contributed by atoms with van der Waals surface area (Å²) in [5.74, 6) is 2.29. The van der Waals surface area contributed by atoms with Gasteiger partial charge in [0.05, 0.1) is 23.8 Å². The van der Waals surface area contributed by atoms with Crippen LogP contribution in [-0.2, 0) is 19.7 Å². The van der Waals surface area contributed by atoms with Crippen LogP contribution < -0.4 is 19.5 Å². The van der Waals surface area contributed by atoms with Gasteiger partial charge in [-0.2, -0.15) is 0 Å². The Morgan fingerprint density at radius 2 is 1.57 bits per heavy atom. The number of para-hydroxylation sites is 1. The molecule has 158 valence electrons. The van der Waals surface area contributed by atoms with Crippen molar-refractivity contribution in [1.82, 2.24) is 5.32 Å². The molecule has 0 spiro atoms. The fourth-order valence-electron chi connectivity index (χ4n) is 3.03. The molecular weight excluding hydrogens is 421 g/mol. The van der Waals surface area contributed by atoms with E-state index in [1.807, 2.05) is 49.4 Å². The highest BCUT2D eigenvalue weighted by Gasteiger charge is 2.09. The van der Waals surface area contributed by atoms with E-state index in [1.54, 1.807) is 19.2 Å². The molecule has 0 fully saturated rings. The van der Waals surface area contributed by atoms with Crippen LogP contribution in [0.3, 0.4) is 0 Å². The summed E-state index contributed by atoms with van der Waals surface area (Å²) in [4.78, 5) is 0. The quantitative estimate of drug-likeness (QED) is 0.399. The lowest BCUT2D eigenvalue weighted by molar-refractivity contribution is 0.269. The summed E-state index contributed by atoms with van der Waals surface area (Å²) in [6.07, 6.45) is 0. The Morgan fingerprint density at radius 3 is 2.33 bits per heavy atom. The Morgan fingerprint density at radius 1 is 0.767 bits per heavy atom. The van der Waals surface area contributed by atoms with Gasteiger partial charge in [0.15, 0.2) is 11.5 Å². The molecule has 0 bridgehead atoms. The maximum Gasteiger partial charge on any atom is 0.161 e. The van der Waals surface area contributed by atoms with Crippen molar-refractivity contribution in [3.63, 3.8) is 0 Å². The van der Waals surface area contributed by atoms with Crippen molar-refractivity contribution in [3.05, 3.63) is 87.4 Å². The van der Waals surface area contributed by atoms with Crippen LogP contribution in [0.5, 0.6) is 17.2 Å². The molecule has 0 aliphatic carbocycles. The molecule has 30 heavy (non-hydrogen) atoms. The van der Waals surface area contributed by atoms with Crippen molar-refractivity contribution in [2.24, 2.45) is 0 Å². The third-order valence-corrected chi connectivity index (χ3v) is 5.26. The number of halogens is 2. The van der Waals surface area contributed by atoms with Crippen molar-refractivity contribution in [2.45, 2.75) is 26.6 Å². The molecule has 0 amide bonds. The zero-order valence-corrected chi connectivity index (χ0v) is 18.6. The number of rotatable bonds is 10. The molecule has 0 saturated carbocycles. The van der Waals surface area contributed by atoms with E-state index in [1.165, 1.54) is 0 Å². The van der Waals surface area contributed by atoms with Gasteiger partial charge in [-0.3, -0.25) is 0 Å². The van der Waals surface area contributed by atoms with Crippen LogP contribution in [0.1, 0.15) is 23.6 Å². The van der Waals surface area contributed by atoms with E-state index in [4.69, 9.17) is 37.4 Å². The molecule has 3 rings (SSSR count). The van der Waals surface area contributed by atoms with Crippen molar-refractivity contribution >= 4 is 23.2 Å². The van der Waals surface area contributed by atoms with Gasteiger partial charge in [0.1, 0.15) is 12.4 Å². The standard InChI is InChI=1S/C24H25Cl2NO3/c1-3-29-24-13-17(14-27-15-19-6-4-5-7-22(19)28-2)9-11-23(24)30-16-18-8-10-20(25)21(26)12-18/h4-13,27H,3,14-16H2,1-2H3. The largest absolute Gasteiger partial charge is 0.496 e. The van der Waals surface area contributed by atoms with E-state index in [0.717, 1.165) is 22.4 Å². The molecule has 0 aliphatic rings. The molecule has 0 saturated heterocycles. The molecule has 0 radical (unpaired) electrons. The first-order chi connectivity index (χ1) is 14.6. The number of ether oxygens (including phenoxy) is 3. The van der Waals surface area contributed by atoms with Crippen LogP contribution in [0.2, 0.25) is 10.0 Å². The second kappa shape index (κ2) is 11.1. The number of benzene rings is 3. The zero-order valence-electron chi connectivity index (χ0n) is 17.1. The van der Waals surface area contributed by atoms with Crippen LogP contribution in [0, 0.1) is 0 Å². The second-order valence-corrected chi connectivity index (χ2v) is 7.48. The SMILES string of the molecule is CCOc1cc(CNCc2ccccc2OC)ccc1OCc1ccc(Cl)c(Cl)c1. The summed E-state index contributed by atoms with van der Waals surface area (Å²) in [5, 5.41) is 4.49. The third kappa shape index (κ3) is 6.05. The van der Waals surface area contributed by atoms with E-state index in [0.29, 0.717) is 47.8 Å². The first-order valence-corrected chi connectivity index (χ1v) is 10.5. The maximum absolute atomic E-state index is 6.08. The number of hydrogen-bond acceptors (Lipinski definition) is 4. The van der Waals surface area contributed by atoms with Crippen molar-refractivity contribution in [3.8, 4) is 17.2 Å². The first-order valence-electron chi connectivity index (χ1n) is 9.75. The summed E-state index contributed by atoms with van der Waals surface area (Å²) in [5.41, 5.74) is 3.16. The van der Waals surface area contributed by atoms with E-state index in [-0.39, 0.29) is 0 Å². The molecular formula is C24H25Cl2NO3. The van der Waals surface area contributed by atoms with E-state index >= 15 is 0 Å². The van der Waals surface area contributed by atoms with Gasteiger partial charge in [0.2, 0.25) is 0 Å². The van der Waals surface area contributed by atoms with Crippen molar-refractivity contribution in [1.29, 1.82) is 0 Å². The van der Waals surface area contributed by atoms with Gasteiger partial charge in [0.25, 0.3) is 0 Å². The number of nitrogens with one attached hydrogen (secondary N) is 1.